The zero-order valence-electron chi connectivity index (χ0n) is 18.1. The smallest absolute Gasteiger partial charge is 0.191 e. The molecule has 2 N–H and O–H groups in total. The SMILES string of the molecule is CCNC(=NCc1c(C)nn(C)c1C)NCC1CCCN1Cc1ccccc1.I. The number of hydrogen-bond acceptors (Lipinski definition) is 3. The topological polar surface area (TPSA) is 57.5 Å². The zero-order valence-corrected chi connectivity index (χ0v) is 20.4. The van der Waals surface area contributed by atoms with Crippen molar-refractivity contribution in [3.05, 3.63) is 52.8 Å². The van der Waals surface area contributed by atoms with Crippen molar-refractivity contribution in [1.29, 1.82) is 0 Å². The van der Waals surface area contributed by atoms with Crippen molar-refractivity contribution in [2.24, 2.45) is 12.0 Å². The van der Waals surface area contributed by atoms with Crippen LogP contribution in [0.25, 0.3) is 0 Å². The van der Waals surface area contributed by atoms with Crippen LogP contribution < -0.4 is 10.6 Å². The fraction of sp³-hybridized carbons (Fsp3) is 0.545. The van der Waals surface area contributed by atoms with Gasteiger partial charge in [0, 0.05) is 44.0 Å². The minimum absolute atomic E-state index is 0. The normalized spacial score (nSPS) is 17.2. The van der Waals surface area contributed by atoms with Crippen molar-refractivity contribution in [3.63, 3.8) is 0 Å². The Morgan fingerprint density at radius 3 is 2.62 bits per heavy atom. The number of rotatable bonds is 7. The molecule has 1 aliphatic rings. The maximum Gasteiger partial charge on any atom is 0.191 e. The number of aryl methyl sites for hydroxylation is 2. The minimum Gasteiger partial charge on any atom is -0.357 e. The van der Waals surface area contributed by atoms with E-state index in [1.54, 1.807) is 0 Å². The van der Waals surface area contributed by atoms with Gasteiger partial charge in [0.05, 0.1) is 12.2 Å². The van der Waals surface area contributed by atoms with Crippen LogP contribution in [0.2, 0.25) is 0 Å². The van der Waals surface area contributed by atoms with Gasteiger partial charge in [-0.15, -0.1) is 24.0 Å². The molecular formula is C22H35IN6. The molecule has 1 unspecified atom stereocenters. The lowest BCUT2D eigenvalue weighted by Crippen LogP contribution is -2.44. The number of halogens is 1. The van der Waals surface area contributed by atoms with E-state index in [0.29, 0.717) is 12.6 Å². The van der Waals surface area contributed by atoms with E-state index in [1.165, 1.54) is 36.2 Å². The largest absolute Gasteiger partial charge is 0.357 e. The Bertz CT molecular complexity index is 786. The van der Waals surface area contributed by atoms with Gasteiger partial charge < -0.3 is 10.6 Å². The van der Waals surface area contributed by atoms with Gasteiger partial charge in [-0.05, 0) is 45.7 Å². The summed E-state index contributed by atoms with van der Waals surface area (Å²) in [6, 6.07) is 11.3. The molecule has 160 valence electrons. The van der Waals surface area contributed by atoms with Crippen molar-refractivity contribution >= 4 is 29.9 Å². The van der Waals surface area contributed by atoms with Gasteiger partial charge in [-0.2, -0.15) is 5.10 Å². The van der Waals surface area contributed by atoms with Gasteiger partial charge in [0.2, 0.25) is 0 Å². The molecule has 0 spiro atoms. The van der Waals surface area contributed by atoms with Crippen LogP contribution in [0, 0.1) is 13.8 Å². The lowest BCUT2D eigenvalue weighted by Gasteiger charge is -2.25. The molecule has 0 amide bonds. The number of likely N-dealkylation sites (tertiary alicyclic amines) is 1. The molecule has 7 heteroatoms. The highest BCUT2D eigenvalue weighted by Crippen LogP contribution is 2.19. The number of guanidine groups is 1. The van der Waals surface area contributed by atoms with Crippen LogP contribution in [-0.2, 0) is 20.1 Å². The second-order valence-electron chi connectivity index (χ2n) is 7.60. The third-order valence-electron chi connectivity index (χ3n) is 5.63. The second-order valence-corrected chi connectivity index (χ2v) is 7.60. The van der Waals surface area contributed by atoms with Crippen LogP contribution in [0.4, 0.5) is 0 Å². The summed E-state index contributed by atoms with van der Waals surface area (Å²) in [5, 5.41) is 11.4. The molecular weight excluding hydrogens is 475 g/mol. The number of hydrogen-bond donors (Lipinski definition) is 2. The van der Waals surface area contributed by atoms with Crippen molar-refractivity contribution in [2.75, 3.05) is 19.6 Å². The molecule has 0 bridgehead atoms. The summed E-state index contributed by atoms with van der Waals surface area (Å²) in [6.45, 7) is 10.9. The van der Waals surface area contributed by atoms with Gasteiger partial charge in [0.25, 0.3) is 0 Å². The van der Waals surface area contributed by atoms with Gasteiger partial charge in [0.1, 0.15) is 0 Å². The summed E-state index contributed by atoms with van der Waals surface area (Å²) in [4.78, 5) is 7.40. The van der Waals surface area contributed by atoms with Crippen LogP contribution in [0.3, 0.4) is 0 Å². The Kier molecular flexibility index (Phi) is 9.42. The molecule has 1 aromatic carbocycles. The van der Waals surface area contributed by atoms with Crippen LogP contribution in [-0.4, -0.2) is 46.3 Å². The van der Waals surface area contributed by atoms with E-state index >= 15 is 0 Å². The minimum atomic E-state index is 0. The first-order chi connectivity index (χ1) is 13.6. The van der Waals surface area contributed by atoms with Crippen LogP contribution in [0.1, 0.15) is 42.3 Å². The molecule has 6 nitrogen and oxygen atoms in total. The lowest BCUT2D eigenvalue weighted by molar-refractivity contribution is 0.245. The van der Waals surface area contributed by atoms with E-state index in [1.807, 2.05) is 11.7 Å². The van der Waals surface area contributed by atoms with Crippen molar-refractivity contribution < 1.29 is 0 Å². The quantitative estimate of drug-likeness (QED) is 0.341. The predicted molar refractivity (Wildman–Crippen MR) is 131 cm³/mol. The van der Waals surface area contributed by atoms with Gasteiger partial charge in [-0.3, -0.25) is 9.58 Å². The molecule has 29 heavy (non-hydrogen) atoms. The fourth-order valence-electron chi connectivity index (χ4n) is 3.91. The monoisotopic (exact) mass is 510 g/mol. The van der Waals surface area contributed by atoms with E-state index in [4.69, 9.17) is 4.99 Å². The third-order valence-corrected chi connectivity index (χ3v) is 5.63. The summed E-state index contributed by atoms with van der Waals surface area (Å²) in [6.07, 6.45) is 2.50. The third kappa shape index (κ3) is 6.44. The molecule has 1 saturated heterocycles. The van der Waals surface area contributed by atoms with E-state index in [0.717, 1.165) is 31.3 Å². The summed E-state index contributed by atoms with van der Waals surface area (Å²) in [5.74, 6) is 0.886. The maximum atomic E-state index is 4.81. The Balaban J connectivity index is 0.00000300. The number of aromatic nitrogens is 2. The fourth-order valence-corrected chi connectivity index (χ4v) is 3.91. The highest BCUT2D eigenvalue weighted by atomic mass is 127. The molecule has 1 atom stereocenters. The molecule has 0 aliphatic carbocycles. The standard InChI is InChI=1S/C22H34N6.HI/c1-5-23-22(25-15-21-17(2)26-27(4)18(21)3)24-14-20-12-9-13-28(20)16-19-10-7-6-8-11-19;/h6-8,10-11,20H,5,9,12-16H2,1-4H3,(H2,23,24,25);1H. The van der Waals surface area contributed by atoms with E-state index < -0.39 is 0 Å². The predicted octanol–water partition coefficient (Wildman–Crippen LogP) is 3.37. The summed E-state index contributed by atoms with van der Waals surface area (Å²) in [5.41, 5.74) is 4.84. The molecule has 0 saturated carbocycles. The zero-order chi connectivity index (χ0) is 19.9. The molecule has 1 fully saturated rings. The van der Waals surface area contributed by atoms with Crippen molar-refractivity contribution in [2.45, 2.75) is 52.7 Å². The maximum absolute atomic E-state index is 4.81. The van der Waals surface area contributed by atoms with Gasteiger partial charge in [-0.1, -0.05) is 30.3 Å². The number of nitrogens with one attached hydrogen (secondary N) is 2. The van der Waals surface area contributed by atoms with E-state index in [9.17, 15) is 0 Å². The molecule has 3 rings (SSSR count). The van der Waals surface area contributed by atoms with Crippen molar-refractivity contribution in [3.8, 4) is 0 Å². The molecule has 2 heterocycles. The highest BCUT2D eigenvalue weighted by molar-refractivity contribution is 14.0. The second kappa shape index (κ2) is 11.5. The Labute approximate surface area is 192 Å². The van der Waals surface area contributed by atoms with Gasteiger partial charge in [0.15, 0.2) is 5.96 Å². The van der Waals surface area contributed by atoms with Crippen LogP contribution in [0.15, 0.2) is 35.3 Å². The summed E-state index contributed by atoms with van der Waals surface area (Å²) >= 11 is 0. The highest BCUT2D eigenvalue weighted by Gasteiger charge is 2.24. The number of aliphatic imine (C=N–C) groups is 1. The lowest BCUT2D eigenvalue weighted by atomic mass is 10.2. The first-order valence-corrected chi connectivity index (χ1v) is 10.4. The Morgan fingerprint density at radius 1 is 1.21 bits per heavy atom. The van der Waals surface area contributed by atoms with E-state index in [-0.39, 0.29) is 24.0 Å². The molecule has 0 radical (unpaired) electrons. The summed E-state index contributed by atoms with van der Waals surface area (Å²) < 4.78 is 1.93. The van der Waals surface area contributed by atoms with Crippen LogP contribution >= 0.6 is 24.0 Å². The first kappa shape index (κ1) is 23.7. The number of nitrogens with zero attached hydrogens (tertiary/aromatic N) is 4. The Morgan fingerprint density at radius 2 is 1.97 bits per heavy atom. The molecule has 2 aromatic rings. The first-order valence-electron chi connectivity index (χ1n) is 10.4. The van der Waals surface area contributed by atoms with Crippen molar-refractivity contribution in [1.82, 2.24) is 25.3 Å². The summed E-state index contributed by atoms with van der Waals surface area (Å²) in [7, 11) is 1.99. The van der Waals surface area contributed by atoms with Gasteiger partial charge in [-0.25, -0.2) is 4.99 Å². The number of benzene rings is 1. The average molecular weight is 510 g/mol. The van der Waals surface area contributed by atoms with E-state index in [2.05, 4.69) is 71.7 Å². The average Bonchev–Trinajstić information content (AvgIpc) is 3.22. The molecule has 1 aromatic heterocycles. The van der Waals surface area contributed by atoms with Crippen LogP contribution in [0.5, 0.6) is 0 Å². The van der Waals surface area contributed by atoms with Gasteiger partial charge >= 0.3 is 0 Å². The Hall–Kier alpha value is -1.61. The molecule has 1 aliphatic heterocycles.